The number of aryl methyl sites for hydroxylation is 3. The van der Waals surface area contributed by atoms with E-state index in [-0.39, 0.29) is 30.7 Å². The molecule has 2 N–H and O–H groups in total. The molecule has 0 aromatic carbocycles. The van der Waals surface area contributed by atoms with Crippen molar-refractivity contribution in [1.82, 2.24) is 20.6 Å². The first-order valence-electron chi connectivity index (χ1n) is 9.09. The second kappa shape index (κ2) is 8.24. The monoisotopic (exact) mass is 378 g/mol. The fourth-order valence-corrected chi connectivity index (χ4v) is 4.92. The van der Waals surface area contributed by atoms with Gasteiger partial charge in [-0.25, -0.2) is 4.79 Å². The minimum absolute atomic E-state index is 0.0568. The Bertz CT molecular complexity index is 697. The summed E-state index contributed by atoms with van der Waals surface area (Å²) in [6.07, 6.45) is 3.16. The topological polar surface area (TPSA) is 93.2 Å². The Labute approximate surface area is 158 Å². The molecule has 0 saturated carbocycles. The molecule has 7 nitrogen and oxygen atoms in total. The lowest BCUT2D eigenvalue weighted by Crippen LogP contribution is -2.36. The molecule has 2 fully saturated rings. The summed E-state index contributed by atoms with van der Waals surface area (Å²) in [6, 6.07) is 0.425. The van der Waals surface area contributed by atoms with E-state index in [9.17, 15) is 9.59 Å². The van der Waals surface area contributed by atoms with Gasteiger partial charge in [0.25, 0.3) is 0 Å². The van der Waals surface area contributed by atoms with E-state index in [4.69, 9.17) is 4.74 Å². The van der Waals surface area contributed by atoms with E-state index in [1.165, 1.54) is 0 Å². The Morgan fingerprint density at radius 1 is 1.15 bits per heavy atom. The summed E-state index contributed by atoms with van der Waals surface area (Å²) in [4.78, 5) is 32.2. The standard InChI is InChI=1S/C18H26N4O3S/c1-10-11(2)20-13(12(3)19-10)8-25-16(23)7-5-4-6-15-17-14(9-26-15)21-18(24)22-17/h14-15,17H,4-9H2,1-3H3,(H2,21,22,24)/t14?,15-,17?/m0/s1. The van der Waals surface area contributed by atoms with Gasteiger partial charge in [-0.05, 0) is 33.6 Å². The Hall–Kier alpha value is -1.83. The van der Waals surface area contributed by atoms with Crippen LogP contribution >= 0.6 is 11.8 Å². The molecule has 1 aromatic heterocycles. The highest BCUT2D eigenvalue weighted by Gasteiger charge is 2.42. The van der Waals surface area contributed by atoms with Gasteiger partial charge in [-0.3, -0.25) is 14.8 Å². The third kappa shape index (κ3) is 4.47. The fourth-order valence-electron chi connectivity index (χ4n) is 3.38. The van der Waals surface area contributed by atoms with Gasteiger partial charge in [-0.15, -0.1) is 0 Å². The summed E-state index contributed by atoms with van der Waals surface area (Å²) in [6.45, 7) is 5.88. The molecule has 2 unspecified atom stereocenters. The van der Waals surface area contributed by atoms with Crippen molar-refractivity contribution in [3.63, 3.8) is 0 Å². The number of amides is 2. The van der Waals surface area contributed by atoms with E-state index in [1.54, 1.807) is 0 Å². The highest BCUT2D eigenvalue weighted by molar-refractivity contribution is 8.00. The number of esters is 1. The van der Waals surface area contributed by atoms with Crippen LogP contribution in [0.2, 0.25) is 0 Å². The lowest BCUT2D eigenvalue weighted by atomic mass is 10.0. The zero-order chi connectivity index (χ0) is 18.7. The molecule has 0 bridgehead atoms. The van der Waals surface area contributed by atoms with Crippen LogP contribution in [0.4, 0.5) is 4.79 Å². The predicted octanol–water partition coefficient (Wildman–Crippen LogP) is 2.17. The molecule has 0 spiro atoms. The Morgan fingerprint density at radius 2 is 1.92 bits per heavy atom. The number of thioether (sulfide) groups is 1. The van der Waals surface area contributed by atoms with Crippen LogP contribution in [0, 0.1) is 20.8 Å². The molecule has 2 aliphatic heterocycles. The molecule has 8 heteroatoms. The highest BCUT2D eigenvalue weighted by atomic mass is 32.2. The van der Waals surface area contributed by atoms with E-state index >= 15 is 0 Å². The average molecular weight is 378 g/mol. The van der Waals surface area contributed by atoms with Gasteiger partial charge in [-0.2, -0.15) is 11.8 Å². The molecular weight excluding hydrogens is 352 g/mol. The lowest BCUT2D eigenvalue weighted by Gasteiger charge is -2.16. The van der Waals surface area contributed by atoms with Crippen molar-refractivity contribution >= 4 is 23.8 Å². The number of carbonyl (C=O) groups is 2. The zero-order valence-electron chi connectivity index (χ0n) is 15.5. The Morgan fingerprint density at radius 3 is 2.73 bits per heavy atom. The van der Waals surface area contributed by atoms with Gasteiger partial charge in [0.05, 0.1) is 34.9 Å². The van der Waals surface area contributed by atoms with E-state index in [0.717, 1.165) is 47.8 Å². The van der Waals surface area contributed by atoms with Crippen LogP contribution < -0.4 is 10.6 Å². The molecule has 2 amide bonds. The van der Waals surface area contributed by atoms with Gasteiger partial charge in [0.15, 0.2) is 0 Å². The van der Waals surface area contributed by atoms with Gasteiger partial charge in [-0.1, -0.05) is 6.42 Å². The van der Waals surface area contributed by atoms with Crippen molar-refractivity contribution in [2.45, 2.75) is 70.4 Å². The summed E-state index contributed by atoms with van der Waals surface area (Å²) in [7, 11) is 0. The largest absolute Gasteiger partial charge is 0.459 e. The molecule has 2 aliphatic rings. The van der Waals surface area contributed by atoms with Gasteiger partial charge in [0.2, 0.25) is 0 Å². The van der Waals surface area contributed by atoms with Crippen LogP contribution in [0.3, 0.4) is 0 Å². The fraction of sp³-hybridized carbons (Fsp3) is 0.667. The number of rotatable bonds is 7. The van der Waals surface area contributed by atoms with Crippen LogP contribution in [0.1, 0.15) is 48.5 Å². The van der Waals surface area contributed by atoms with Crippen molar-refractivity contribution in [3.8, 4) is 0 Å². The molecule has 142 valence electrons. The number of nitrogens with one attached hydrogen (secondary N) is 2. The summed E-state index contributed by atoms with van der Waals surface area (Å²) < 4.78 is 5.35. The maximum Gasteiger partial charge on any atom is 0.315 e. The molecule has 2 saturated heterocycles. The van der Waals surface area contributed by atoms with Crippen molar-refractivity contribution in [2.24, 2.45) is 0 Å². The normalized spacial score (nSPS) is 24.1. The lowest BCUT2D eigenvalue weighted by molar-refractivity contribution is -0.145. The summed E-state index contributed by atoms with van der Waals surface area (Å²) in [5, 5.41) is 6.37. The third-order valence-electron chi connectivity index (χ3n) is 5.01. The van der Waals surface area contributed by atoms with E-state index in [1.807, 2.05) is 32.5 Å². The molecule has 3 heterocycles. The number of nitrogens with zero attached hydrogens (tertiary/aromatic N) is 2. The number of hydrogen-bond donors (Lipinski definition) is 2. The number of hydrogen-bond acceptors (Lipinski definition) is 6. The molecule has 3 atom stereocenters. The van der Waals surface area contributed by atoms with Crippen molar-refractivity contribution in [2.75, 3.05) is 5.75 Å². The number of ether oxygens (including phenoxy) is 1. The van der Waals surface area contributed by atoms with Gasteiger partial charge in [0, 0.05) is 17.4 Å². The van der Waals surface area contributed by atoms with Gasteiger partial charge >= 0.3 is 12.0 Å². The second-order valence-electron chi connectivity index (χ2n) is 6.95. The van der Waals surface area contributed by atoms with Crippen molar-refractivity contribution in [3.05, 3.63) is 22.8 Å². The van der Waals surface area contributed by atoms with E-state index < -0.39 is 0 Å². The van der Waals surface area contributed by atoms with Crippen molar-refractivity contribution < 1.29 is 14.3 Å². The van der Waals surface area contributed by atoms with Crippen LogP contribution in [0.5, 0.6) is 0 Å². The second-order valence-corrected chi connectivity index (χ2v) is 8.23. The number of urea groups is 1. The maximum atomic E-state index is 12.0. The minimum Gasteiger partial charge on any atom is -0.459 e. The first-order chi connectivity index (χ1) is 12.4. The molecular formula is C18H26N4O3S. The van der Waals surface area contributed by atoms with Crippen LogP contribution in [-0.2, 0) is 16.1 Å². The zero-order valence-corrected chi connectivity index (χ0v) is 16.3. The van der Waals surface area contributed by atoms with E-state index in [0.29, 0.717) is 11.7 Å². The number of carbonyl (C=O) groups excluding carboxylic acids is 2. The number of aromatic nitrogens is 2. The predicted molar refractivity (Wildman–Crippen MR) is 100.0 cm³/mol. The summed E-state index contributed by atoms with van der Waals surface area (Å²) >= 11 is 1.90. The van der Waals surface area contributed by atoms with Crippen LogP contribution in [0.15, 0.2) is 0 Å². The highest BCUT2D eigenvalue weighted by Crippen LogP contribution is 2.33. The summed E-state index contributed by atoms with van der Waals surface area (Å²) in [5.41, 5.74) is 3.29. The number of fused-ring (bicyclic) bond motifs is 1. The molecule has 1 aromatic rings. The molecule has 0 radical (unpaired) electrons. The summed E-state index contributed by atoms with van der Waals surface area (Å²) in [5.74, 6) is 0.768. The smallest absolute Gasteiger partial charge is 0.315 e. The van der Waals surface area contributed by atoms with Crippen LogP contribution in [-0.4, -0.2) is 45.1 Å². The van der Waals surface area contributed by atoms with E-state index in [2.05, 4.69) is 20.6 Å². The Balaban J connectivity index is 1.35. The first kappa shape index (κ1) is 18.9. The minimum atomic E-state index is -0.197. The average Bonchev–Trinajstić information content (AvgIpc) is 3.13. The first-order valence-corrected chi connectivity index (χ1v) is 10.1. The SMILES string of the molecule is Cc1nc(C)c(COC(=O)CCCC[C@@H]2SCC3NC(=O)NC32)nc1C. The van der Waals surface area contributed by atoms with Crippen LogP contribution in [0.25, 0.3) is 0 Å². The maximum absolute atomic E-state index is 12.0. The third-order valence-corrected chi connectivity index (χ3v) is 6.52. The number of unbranched alkanes of at least 4 members (excludes halogenated alkanes) is 1. The molecule has 0 aliphatic carbocycles. The quantitative estimate of drug-likeness (QED) is 0.429. The van der Waals surface area contributed by atoms with Gasteiger partial charge < -0.3 is 15.4 Å². The Kier molecular flexibility index (Phi) is 6.01. The molecule has 3 rings (SSSR count). The molecule has 26 heavy (non-hydrogen) atoms. The van der Waals surface area contributed by atoms with Crippen molar-refractivity contribution in [1.29, 1.82) is 0 Å². The van der Waals surface area contributed by atoms with Gasteiger partial charge in [0.1, 0.15) is 6.61 Å².